The Bertz CT molecular complexity index is 1260. The molecule has 0 N–H and O–H groups in total. The highest BCUT2D eigenvalue weighted by Gasteiger charge is 2.30. The molecule has 0 unspecified atom stereocenters. The zero-order valence-electron chi connectivity index (χ0n) is 17.1. The molecular weight excluding hydrogens is 368 g/mol. The summed E-state index contributed by atoms with van der Waals surface area (Å²) in [5, 5.41) is 6.51. The number of imidazole rings is 1. The zero-order chi connectivity index (χ0) is 20.9. The van der Waals surface area contributed by atoms with Gasteiger partial charge in [0, 0.05) is 13.6 Å². The number of aryl methyl sites for hydroxylation is 2. The van der Waals surface area contributed by atoms with Gasteiger partial charge in [-0.2, -0.15) is 10.1 Å². The second-order valence-corrected chi connectivity index (χ2v) is 7.46. The smallest absolute Gasteiger partial charge is 0.294 e. The van der Waals surface area contributed by atoms with Gasteiger partial charge >= 0.3 is 5.69 Å². The molecule has 1 aliphatic rings. The Morgan fingerprint density at radius 2 is 1.86 bits per heavy atom. The number of benzene rings is 1. The van der Waals surface area contributed by atoms with Gasteiger partial charge in [0.1, 0.15) is 0 Å². The Kier molecular flexibility index (Phi) is 4.49. The van der Waals surface area contributed by atoms with Crippen LogP contribution < -0.4 is 16.3 Å². The number of hydrazone groups is 1. The number of rotatable bonds is 4. The van der Waals surface area contributed by atoms with Crippen molar-refractivity contribution in [2.75, 3.05) is 5.01 Å². The molecule has 4 rings (SSSR count). The SMILES string of the molecule is C=CCn1c(=O)c2c(nc3n2[C@H](C)C(C)=NN3Cc2ccc(C)cc2)n(C)c1=O. The van der Waals surface area contributed by atoms with Gasteiger partial charge in [0.25, 0.3) is 5.56 Å². The molecule has 0 bridgehead atoms. The molecule has 29 heavy (non-hydrogen) atoms. The number of hydrogen-bond donors (Lipinski definition) is 0. The maximum atomic E-state index is 13.2. The van der Waals surface area contributed by atoms with E-state index in [0.717, 1.165) is 11.3 Å². The molecule has 0 fully saturated rings. The molecule has 8 heteroatoms. The highest BCUT2D eigenvalue weighted by molar-refractivity contribution is 5.91. The van der Waals surface area contributed by atoms with Crippen LogP contribution in [0.25, 0.3) is 11.2 Å². The maximum absolute atomic E-state index is 13.2. The molecule has 0 aliphatic carbocycles. The largest absolute Gasteiger partial charge is 0.332 e. The molecule has 0 spiro atoms. The van der Waals surface area contributed by atoms with E-state index in [4.69, 9.17) is 5.10 Å². The molecule has 3 aromatic rings. The van der Waals surface area contributed by atoms with Crippen molar-refractivity contribution in [2.45, 2.75) is 39.9 Å². The highest BCUT2D eigenvalue weighted by Crippen LogP contribution is 2.30. The fraction of sp³-hybridized carbons (Fsp3) is 0.333. The molecule has 1 aliphatic heterocycles. The van der Waals surface area contributed by atoms with E-state index >= 15 is 0 Å². The Labute approximate surface area is 168 Å². The van der Waals surface area contributed by atoms with Gasteiger partial charge in [-0.05, 0) is 26.3 Å². The van der Waals surface area contributed by atoms with Crippen molar-refractivity contribution in [1.82, 2.24) is 18.7 Å². The molecule has 0 radical (unpaired) electrons. The lowest BCUT2D eigenvalue weighted by atomic mass is 10.1. The van der Waals surface area contributed by atoms with Gasteiger partial charge in [-0.3, -0.25) is 18.5 Å². The average molecular weight is 392 g/mol. The molecule has 1 aromatic carbocycles. The number of aromatic nitrogens is 4. The molecule has 150 valence electrons. The van der Waals surface area contributed by atoms with Crippen molar-refractivity contribution >= 4 is 22.8 Å². The summed E-state index contributed by atoms with van der Waals surface area (Å²) in [6.45, 7) is 10.3. The van der Waals surface area contributed by atoms with Crippen molar-refractivity contribution in [1.29, 1.82) is 0 Å². The molecule has 3 heterocycles. The fourth-order valence-corrected chi connectivity index (χ4v) is 3.65. The lowest BCUT2D eigenvalue weighted by Crippen LogP contribution is -2.40. The van der Waals surface area contributed by atoms with Gasteiger partial charge in [0.05, 0.1) is 18.3 Å². The van der Waals surface area contributed by atoms with Crippen LogP contribution >= 0.6 is 0 Å². The first-order valence-corrected chi connectivity index (χ1v) is 9.54. The summed E-state index contributed by atoms with van der Waals surface area (Å²) in [6.07, 6.45) is 1.54. The van der Waals surface area contributed by atoms with Crippen LogP contribution in [-0.2, 0) is 20.1 Å². The van der Waals surface area contributed by atoms with Crippen molar-refractivity contribution in [2.24, 2.45) is 12.1 Å². The summed E-state index contributed by atoms with van der Waals surface area (Å²) < 4.78 is 4.48. The van der Waals surface area contributed by atoms with Crippen molar-refractivity contribution in [3.8, 4) is 0 Å². The van der Waals surface area contributed by atoms with E-state index in [0.29, 0.717) is 23.7 Å². The average Bonchev–Trinajstić information content (AvgIpc) is 3.10. The van der Waals surface area contributed by atoms with Gasteiger partial charge < -0.3 is 0 Å². The number of fused-ring (bicyclic) bond motifs is 3. The first kappa shape index (κ1) is 18.9. The van der Waals surface area contributed by atoms with E-state index < -0.39 is 5.69 Å². The summed E-state index contributed by atoms with van der Waals surface area (Å²) in [7, 11) is 1.63. The predicted molar refractivity (Wildman–Crippen MR) is 115 cm³/mol. The molecule has 0 saturated heterocycles. The Morgan fingerprint density at radius 3 is 2.52 bits per heavy atom. The van der Waals surface area contributed by atoms with Gasteiger partial charge in [-0.1, -0.05) is 35.9 Å². The van der Waals surface area contributed by atoms with Crippen LogP contribution in [0.4, 0.5) is 5.95 Å². The third kappa shape index (κ3) is 2.91. The van der Waals surface area contributed by atoms with Crippen LogP contribution in [0, 0.1) is 6.92 Å². The maximum Gasteiger partial charge on any atom is 0.332 e. The standard InChI is InChI=1S/C21H24N6O2/c1-6-11-25-19(28)17-18(24(5)21(25)29)22-20-26(23-14(3)15(4)27(17)20)12-16-9-7-13(2)8-10-16/h6-10,15H,1,11-12H2,2-5H3/t15-/m1/s1. The normalized spacial score (nSPS) is 16.1. The van der Waals surface area contributed by atoms with E-state index in [1.807, 2.05) is 25.3 Å². The summed E-state index contributed by atoms with van der Waals surface area (Å²) in [4.78, 5) is 30.5. The zero-order valence-corrected chi connectivity index (χ0v) is 17.1. The van der Waals surface area contributed by atoms with Crippen molar-refractivity contribution in [3.63, 3.8) is 0 Å². The Balaban J connectivity index is 1.95. The second-order valence-electron chi connectivity index (χ2n) is 7.46. The number of anilines is 1. The third-order valence-corrected chi connectivity index (χ3v) is 5.42. The van der Waals surface area contributed by atoms with Crippen molar-refractivity contribution < 1.29 is 0 Å². The van der Waals surface area contributed by atoms with Crippen molar-refractivity contribution in [3.05, 3.63) is 68.9 Å². The quantitative estimate of drug-likeness (QED) is 0.639. The van der Waals surface area contributed by atoms with Crippen LogP contribution in [-0.4, -0.2) is 24.4 Å². The predicted octanol–water partition coefficient (Wildman–Crippen LogP) is 2.35. The van der Waals surface area contributed by atoms with Crippen LogP contribution in [0.2, 0.25) is 0 Å². The van der Waals surface area contributed by atoms with Gasteiger partial charge in [0.15, 0.2) is 11.2 Å². The minimum absolute atomic E-state index is 0.147. The molecule has 0 saturated carbocycles. The third-order valence-electron chi connectivity index (χ3n) is 5.42. The molecule has 8 nitrogen and oxygen atoms in total. The summed E-state index contributed by atoms with van der Waals surface area (Å²) >= 11 is 0. The minimum atomic E-state index is -0.409. The van der Waals surface area contributed by atoms with Gasteiger partial charge in [-0.25, -0.2) is 9.80 Å². The van der Waals surface area contributed by atoms with Crippen LogP contribution in [0.15, 0.2) is 51.6 Å². The van der Waals surface area contributed by atoms with Crippen LogP contribution in [0.3, 0.4) is 0 Å². The second kappa shape index (κ2) is 6.88. The Morgan fingerprint density at radius 1 is 1.17 bits per heavy atom. The monoisotopic (exact) mass is 392 g/mol. The molecular formula is C21H24N6O2. The van der Waals surface area contributed by atoms with E-state index in [2.05, 4.69) is 35.8 Å². The number of allylic oxidation sites excluding steroid dienone is 1. The van der Waals surface area contributed by atoms with E-state index in [9.17, 15) is 9.59 Å². The first-order valence-electron chi connectivity index (χ1n) is 9.54. The lowest BCUT2D eigenvalue weighted by Gasteiger charge is -2.29. The molecule has 1 atom stereocenters. The Hall–Kier alpha value is -3.42. The first-order chi connectivity index (χ1) is 13.8. The minimum Gasteiger partial charge on any atom is -0.294 e. The topological polar surface area (TPSA) is 77.4 Å². The van der Waals surface area contributed by atoms with Gasteiger partial charge in [-0.15, -0.1) is 6.58 Å². The van der Waals surface area contributed by atoms with Crippen LogP contribution in [0.1, 0.15) is 31.0 Å². The highest BCUT2D eigenvalue weighted by atomic mass is 16.2. The summed E-state index contributed by atoms with van der Waals surface area (Å²) in [6, 6.07) is 8.07. The summed E-state index contributed by atoms with van der Waals surface area (Å²) in [5.74, 6) is 0.558. The van der Waals surface area contributed by atoms with Gasteiger partial charge in [0.2, 0.25) is 5.95 Å². The lowest BCUT2D eigenvalue weighted by molar-refractivity contribution is 0.629. The molecule has 0 amide bonds. The number of nitrogens with zero attached hydrogens (tertiary/aromatic N) is 6. The van der Waals surface area contributed by atoms with Crippen LogP contribution in [0.5, 0.6) is 0 Å². The molecule has 2 aromatic heterocycles. The van der Waals surface area contributed by atoms with E-state index in [1.54, 1.807) is 18.1 Å². The fourth-order valence-electron chi connectivity index (χ4n) is 3.65. The van der Waals surface area contributed by atoms with E-state index in [1.165, 1.54) is 14.7 Å². The number of hydrogen-bond acceptors (Lipinski definition) is 5. The van der Waals surface area contributed by atoms with E-state index in [-0.39, 0.29) is 18.1 Å². The summed E-state index contributed by atoms with van der Waals surface area (Å²) in [5.41, 5.74) is 3.13.